The fourth-order valence-electron chi connectivity index (χ4n) is 4.16. The number of nitrogens with one attached hydrogen (secondary N) is 1. The number of amides is 1. The molecule has 0 saturated heterocycles. The summed E-state index contributed by atoms with van der Waals surface area (Å²) >= 11 is 0. The van der Waals surface area contributed by atoms with Crippen molar-refractivity contribution in [3.8, 4) is 22.5 Å². The minimum absolute atomic E-state index is 0.279. The molecule has 4 aromatic heterocycles. The minimum Gasteiger partial charge on any atom is -0.305 e. The van der Waals surface area contributed by atoms with Crippen LogP contribution in [0.25, 0.3) is 39.1 Å². The predicted octanol–water partition coefficient (Wildman–Crippen LogP) is 5.71. The SMILES string of the molecule is Cc1cc(-c2nc3cccnn3c2-c2ccnc(NC(=O)c3ccc4ccccc4n3)c2)ccc1F. The Labute approximate surface area is 205 Å². The summed E-state index contributed by atoms with van der Waals surface area (Å²) in [5.74, 6) is -0.283. The van der Waals surface area contributed by atoms with Crippen LogP contribution in [-0.2, 0) is 0 Å². The Hall–Kier alpha value is -4.98. The Balaban J connectivity index is 1.40. The van der Waals surface area contributed by atoms with Crippen LogP contribution >= 0.6 is 0 Å². The number of aromatic nitrogens is 5. The molecule has 1 amide bonds. The molecule has 0 fully saturated rings. The van der Waals surface area contributed by atoms with Crippen molar-refractivity contribution in [3.05, 3.63) is 108 Å². The quantitative estimate of drug-likeness (QED) is 0.354. The van der Waals surface area contributed by atoms with Gasteiger partial charge in [-0.1, -0.05) is 24.3 Å². The van der Waals surface area contributed by atoms with Crippen LogP contribution in [-0.4, -0.2) is 30.5 Å². The number of imidazole rings is 1. The second-order valence-electron chi connectivity index (χ2n) is 8.34. The van der Waals surface area contributed by atoms with E-state index in [4.69, 9.17) is 4.98 Å². The van der Waals surface area contributed by atoms with Crippen molar-refractivity contribution in [2.24, 2.45) is 0 Å². The highest BCUT2D eigenvalue weighted by molar-refractivity contribution is 6.03. The molecule has 8 heteroatoms. The largest absolute Gasteiger partial charge is 0.305 e. The molecular weight excluding hydrogens is 455 g/mol. The third-order valence-corrected chi connectivity index (χ3v) is 5.93. The number of aryl methyl sites for hydroxylation is 1. The van der Waals surface area contributed by atoms with Crippen molar-refractivity contribution >= 4 is 28.3 Å². The predicted molar refractivity (Wildman–Crippen MR) is 136 cm³/mol. The number of carbonyl (C=O) groups excluding carboxylic acids is 1. The summed E-state index contributed by atoms with van der Waals surface area (Å²) in [5.41, 5.74) is 5.06. The van der Waals surface area contributed by atoms with Crippen LogP contribution < -0.4 is 5.32 Å². The van der Waals surface area contributed by atoms with E-state index >= 15 is 0 Å². The Morgan fingerprint density at radius 3 is 2.67 bits per heavy atom. The number of carbonyl (C=O) groups is 1. The maximum absolute atomic E-state index is 14.0. The number of nitrogens with zero attached hydrogens (tertiary/aromatic N) is 5. The van der Waals surface area contributed by atoms with Crippen LogP contribution in [0.1, 0.15) is 16.1 Å². The van der Waals surface area contributed by atoms with Gasteiger partial charge in [0.05, 0.1) is 11.2 Å². The highest BCUT2D eigenvalue weighted by Gasteiger charge is 2.19. The van der Waals surface area contributed by atoms with Crippen LogP contribution in [0.5, 0.6) is 0 Å². The molecule has 0 radical (unpaired) electrons. The van der Waals surface area contributed by atoms with E-state index < -0.39 is 0 Å². The van der Waals surface area contributed by atoms with Crippen LogP contribution in [0, 0.1) is 12.7 Å². The first-order valence-corrected chi connectivity index (χ1v) is 11.3. The zero-order chi connectivity index (χ0) is 24.6. The van der Waals surface area contributed by atoms with Crippen LogP contribution in [0.3, 0.4) is 0 Å². The molecule has 0 aliphatic rings. The maximum atomic E-state index is 14.0. The lowest BCUT2D eigenvalue weighted by atomic mass is 10.0. The summed E-state index contributed by atoms with van der Waals surface area (Å²) in [6.07, 6.45) is 3.29. The summed E-state index contributed by atoms with van der Waals surface area (Å²) in [6, 6.07) is 23.3. The second kappa shape index (κ2) is 8.66. The number of rotatable bonds is 4. The van der Waals surface area contributed by atoms with Crippen LogP contribution in [0.4, 0.5) is 10.2 Å². The van der Waals surface area contributed by atoms with E-state index in [1.54, 1.807) is 54.2 Å². The average molecular weight is 474 g/mol. The van der Waals surface area contributed by atoms with E-state index in [1.165, 1.54) is 6.07 Å². The molecule has 0 atom stereocenters. The topological polar surface area (TPSA) is 85.1 Å². The van der Waals surface area contributed by atoms with Crippen molar-refractivity contribution in [2.45, 2.75) is 6.92 Å². The van der Waals surface area contributed by atoms with Gasteiger partial charge in [-0.2, -0.15) is 5.10 Å². The van der Waals surface area contributed by atoms with Crippen molar-refractivity contribution in [1.82, 2.24) is 24.6 Å². The maximum Gasteiger partial charge on any atom is 0.275 e. The summed E-state index contributed by atoms with van der Waals surface area (Å²) in [5, 5.41) is 8.27. The number of fused-ring (bicyclic) bond motifs is 2. The molecule has 0 unspecified atom stereocenters. The number of halogens is 1. The molecule has 0 aliphatic heterocycles. The molecule has 36 heavy (non-hydrogen) atoms. The van der Waals surface area contributed by atoms with E-state index in [9.17, 15) is 9.18 Å². The zero-order valence-corrected chi connectivity index (χ0v) is 19.2. The standard InChI is InChI=1S/C28H19FN6O/c1-17-15-19(8-10-21(17)29)26-27(35-25(34-26)7-4-13-31-35)20-12-14-30-24(16-20)33-28(36)23-11-9-18-5-2-3-6-22(18)32-23/h2-16H,1H3,(H,30,33,36). The second-order valence-corrected chi connectivity index (χ2v) is 8.34. The number of anilines is 1. The van der Waals surface area contributed by atoms with E-state index in [0.29, 0.717) is 34.1 Å². The molecule has 174 valence electrons. The van der Waals surface area contributed by atoms with E-state index in [2.05, 4.69) is 20.4 Å². The number of pyridine rings is 2. The van der Waals surface area contributed by atoms with Crippen LogP contribution in [0.15, 0.2) is 91.3 Å². The first kappa shape index (κ1) is 21.5. The van der Waals surface area contributed by atoms with Gasteiger partial charge in [-0.15, -0.1) is 0 Å². The molecule has 4 heterocycles. The van der Waals surface area contributed by atoms with Gasteiger partial charge in [-0.3, -0.25) is 4.79 Å². The lowest BCUT2D eigenvalue weighted by molar-refractivity contribution is 0.102. The van der Waals surface area contributed by atoms with Gasteiger partial charge < -0.3 is 5.32 Å². The zero-order valence-electron chi connectivity index (χ0n) is 19.2. The normalized spacial score (nSPS) is 11.2. The smallest absolute Gasteiger partial charge is 0.275 e. The van der Waals surface area contributed by atoms with Gasteiger partial charge in [0.25, 0.3) is 5.91 Å². The highest BCUT2D eigenvalue weighted by Crippen LogP contribution is 2.33. The van der Waals surface area contributed by atoms with E-state index in [-0.39, 0.29) is 11.7 Å². The summed E-state index contributed by atoms with van der Waals surface area (Å²) in [7, 11) is 0. The minimum atomic E-state index is -0.365. The van der Waals surface area contributed by atoms with Gasteiger partial charge in [0, 0.05) is 28.9 Å². The Kier molecular flexibility index (Phi) is 5.19. The number of hydrogen-bond acceptors (Lipinski definition) is 5. The first-order chi connectivity index (χ1) is 17.6. The molecule has 2 aromatic carbocycles. The van der Waals surface area contributed by atoms with Crippen LogP contribution in [0.2, 0.25) is 0 Å². The molecule has 0 bridgehead atoms. The monoisotopic (exact) mass is 474 g/mol. The summed E-state index contributed by atoms with van der Waals surface area (Å²) in [4.78, 5) is 26.5. The van der Waals surface area contributed by atoms with Gasteiger partial charge in [0.2, 0.25) is 0 Å². The highest BCUT2D eigenvalue weighted by atomic mass is 19.1. The Morgan fingerprint density at radius 1 is 0.889 bits per heavy atom. The molecule has 0 aliphatic carbocycles. The molecular formula is C28H19FN6O. The molecule has 0 spiro atoms. The lowest BCUT2D eigenvalue weighted by Crippen LogP contribution is -2.14. The summed E-state index contributed by atoms with van der Waals surface area (Å²) in [6.45, 7) is 1.72. The van der Waals surface area contributed by atoms with Gasteiger partial charge in [0.15, 0.2) is 5.65 Å². The van der Waals surface area contributed by atoms with Crippen molar-refractivity contribution in [1.29, 1.82) is 0 Å². The summed E-state index contributed by atoms with van der Waals surface area (Å²) < 4.78 is 15.7. The number of benzene rings is 2. The third-order valence-electron chi connectivity index (χ3n) is 5.93. The Morgan fingerprint density at radius 2 is 1.78 bits per heavy atom. The average Bonchev–Trinajstić information content (AvgIpc) is 3.30. The molecule has 6 rings (SSSR count). The molecule has 7 nitrogen and oxygen atoms in total. The van der Waals surface area contributed by atoms with Crippen molar-refractivity contribution in [2.75, 3.05) is 5.32 Å². The van der Waals surface area contributed by atoms with Gasteiger partial charge >= 0.3 is 0 Å². The van der Waals surface area contributed by atoms with Crippen molar-refractivity contribution in [3.63, 3.8) is 0 Å². The van der Waals surface area contributed by atoms with E-state index in [1.807, 2.05) is 42.5 Å². The lowest BCUT2D eigenvalue weighted by Gasteiger charge is -2.09. The first-order valence-electron chi connectivity index (χ1n) is 11.3. The van der Waals surface area contributed by atoms with Crippen molar-refractivity contribution < 1.29 is 9.18 Å². The molecule has 1 N–H and O–H groups in total. The fraction of sp³-hybridized carbons (Fsp3) is 0.0357. The van der Waals surface area contributed by atoms with Gasteiger partial charge in [0.1, 0.15) is 23.0 Å². The fourth-order valence-corrected chi connectivity index (χ4v) is 4.16. The number of hydrogen-bond donors (Lipinski definition) is 1. The Bertz CT molecular complexity index is 1780. The number of para-hydroxylation sites is 1. The molecule has 0 saturated carbocycles. The third kappa shape index (κ3) is 3.84. The van der Waals surface area contributed by atoms with E-state index in [0.717, 1.165) is 22.0 Å². The van der Waals surface area contributed by atoms with Gasteiger partial charge in [-0.05, 0) is 67.1 Å². The molecule has 6 aromatic rings. The van der Waals surface area contributed by atoms with Gasteiger partial charge in [-0.25, -0.2) is 23.9 Å².